The van der Waals surface area contributed by atoms with Crippen molar-refractivity contribution in [3.63, 3.8) is 0 Å². The van der Waals surface area contributed by atoms with Crippen LogP contribution in [0.5, 0.6) is 0 Å². The monoisotopic (exact) mass is 265 g/mol. The fourth-order valence-electron chi connectivity index (χ4n) is 2.60. The van der Waals surface area contributed by atoms with Crippen LogP contribution in [0.4, 0.5) is 5.95 Å². The van der Waals surface area contributed by atoms with E-state index in [1.54, 1.807) is 6.07 Å². The Hall–Kier alpha value is -2.48. The van der Waals surface area contributed by atoms with Crippen LogP contribution >= 0.6 is 0 Å². The zero-order valence-corrected chi connectivity index (χ0v) is 11.3. The van der Waals surface area contributed by atoms with Crippen molar-refractivity contribution in [2.24, 2.45) is 0 Å². The highest BCUT2D eigenvalue weighted by atomic mass is 15.3. The van der Waals surface area contributed by atoms with E-state index >= 15 is 0 Å². The second kappa shape index (κ2) is 5.25. The lowest BCUT2D eigenvalue weighted by Gasteiger charge is -2.17. The topological polar surface area (TPSA) is 65.7 Å². The normalized spacial score (nSPS) is 18.0. The fourth-order valence-corrected chi connectivity index (χ4v) is 2.60. The maximum atomic E-state index is 8.99. The van der Waals surface area contributed by atoms with Gasteiger partial charge in [-0.3, -0.25) is 4.98 Å². The molecule has 0 spiro atoms. The Labute approximate surface area is 117 Å². The number of nitrogens with zero attached hydrogens (tertiary/aromatic N) is 5. The van der Waals surface area contributed by atoms with E-state index in [1.165, 1.54) is 5.56 Å². The Bertz CT molecular complexity index is 647. The highest BCUT2D eigenvalue weighted by molar-refractivity contribution is 5.39. The molecular formula is C15H15N5. The van der Waals surface area contributed by atoms with Gasteiger partial charge < -0.3 is 4.90 Å². The molecule has 0 bridgehead atoms. The number of hydrogen-bond acceptors (Lipinski definition) is 5. The van der Waals surface area contributed by atoms with Gasteiger partial charge in [0, 0.05) is 37.1 Å². The highest BCUT2D eigenvalue weighted by Gasteiger charge is 2.25. The Morgan fingerprint density at radius 1 is 1.30 bits per heavy atom. The Morgan fingerprint density at radius 2 is 2.10 bits per heavy atom. The molecule has 2 aromatic heterocycles. The molecule has 20 heavy (non-hydrogen) atoms. The van der Waals surface area contributed by atoms with Gasteiger partial charge in [-0.1, -0.05) is 0 Å². The van der Waals surface area contributed by atoms with Crippen LogP contribution < -0.4 is 4.90 Å². The van der Waals surface area contributed by atoms with Gasteiger partial charge in [-0.15, -0.1) is 0 Å². The predicted molar refractivity (Wildman–Crippen MR) is 75.3 cm³/mol. The molecule has 1 fully saturated rings. The van der Waals surface area contributed by atoms with Crippen molar-refractivity contribution in [2.75, 3.05) is 18.0 Å². The first-order chi connectivity index (χ1) is 9.76. The first kappa shape index (κ1) is 12.5. The first-order valence-electron chi connectivity index (χ1n) is 6.67. The SMILES string of the molecule is Cc1cc(C#N)nc(N2CCC(c3ccncc3)C2)n1. The zero-order valence-electron chi connectivity index (χ0n) is 11.3. The molecule has 0 aliphatic carbocycles. The van der Waals surface area contributed by atoms with Crippen LogP contribution in [-0.2, 0) is 0 Å². The van der Waals surface area contributed by atoms with Crippen molar-refractivity contribution < 1.29 is 0 Å². The molecule has 1 unspecified atom stereocenters. The van der Waals surface area contributed by atoms with Gasteiger partial charge >= 0.3 is 0 Å². The Morgan fingerprint density at radius 3 is 2.85 bits per heavy atom. The molecule has 3 heterocycles. The Balaban J connectivity index is 1.81. The van der Waals surface area contributed by atoms with Crippen LogP contribution in [0.15, 0.2) is 30.6 Å². The van der Waals surface area contributed by atoms with Crippen molar-refractivity contribution in [1.82, 2.24) is 15.0 Å². The van der Waals surface area contributed by atoms with Gasteiger partial charge in [-0.2, -0.15) is 5.26 Å². The molecule has 0 N–H and O–H groups in total. The molecular weight excluding hydrogens is 250 g/mol. The van der Waals surface area contributed by atoms with E-state index in [9.17, 15) is 0 Å². The lowest BCUT2D eigenvalue weighted by atomic mass is 10.00. The number of nitriles is 1. The average Bonchev–Trinajstić information content (AvgIpc) is 2.97. The van der Waals surface area contributed by atoms with Gasteiger partial charge in [0.15, 0.2) is 0 Å². The summed E-state index contributed by atoms with van der Waals surface area (Å²) in [5, 5.41) is 8.99. The minimum atomic E-state index is 0.430. The van der Waals surface area contributed by atoms with Crippen molar-refractivity contribution in [3.8, 4) is 6.07 Å². The van der Waals surface area contributed by atoms with Crippen LogP contribution in [0.25, 0.3) is 0 Å². The summed E-state index contributed by atoms with van der Waals surface area (Å²) in [5.74, 6) is 1.14. The molecule has 1 atom stereocenters. The average molecular weight is 265 g/mol. The summed E-state index contributed by atoms with van der Waals surface area (Å²) in [6.45, 7) is 3.70. The van der Waals surface area contributed by atoms with E-state index in [0.717, 1.165) is 25.2 Å². The number of aryl methyl sites for hydroxylation is 1. The second-order valence-corrected chi connectivity index (χ2v) is 5.02. The first-order valence-corrected chi connectivity index (χ1v) is 6.67. The number of pyridine rings is 1. The quantitative estimate of drug-likeness (QED) is 0.831. The maximum Gasteiger partial charge on any atom is 0.226 e. The van der Waals surface area contributed by atoms with E-state index in [2.05, 4.69) is 38.1 Å². The largest absolute Gasteiger partial charge is 0.340 e. The summed E-state index contributed by atoms with van der Waals surface area (Å²) in [6, 6.07) is 7.92. The van der Waals surface area contributed by atoms with E-state index < -0.39 is 0 Å². The number of anilines is 1. The van der Waals surface area contributed by atoms with Gasteiger partial charge in [0.2, 0.25) is 5.95 Å². The predicted octanol–water partition coefficient (Wildman–Crippen LogP) is 2.05. The van der Waals surface area contributed by atoms with Crippen LogP contribution in [-0.4, -0.2) is 28.0 Å². The molecule has 2 aromatic rings. The third-order valence-corrected chi connectivity index (χ3v) is 3.61. The van der Waals surface area contributed by atoms with E-state index in [0.29, 0.717) is 17.6 Å². The van der Waals surface area contributed by atoms with Crippen LogP contribution in [0.2, 0.25) is 0 Å². The summed E-state index contributed by atoms with van der Waals surface area (Å²) in [6.07, 6.45) is 4.73. The zero-order chi connectivity index (χ0) is 13.9. The number of rotatable bonds is 2. The lowest BCUT2D eigenvalue weighted by molar-refractivity contribution is 0.770. The van der Waals surface area contributed by atoms with E-state index in [1.807, 2.05) is 19.3 Å². The molecule has 1 saturated heterocycles. The van der Waals surface area contributed by atoms with Crippen molar-refractivity contribution in [1.29, 1.82) is 5.26 Å². The molecule has 0 aromatic carbocycles. The van der Waals surface area contributed by atoms with Crippen molar-refractivity contribution in [2.45, 2.75) is 19.3 Å². The van der Waals surface area contributed by atoms with Gasteiger partial charge in [0.05, 0.1) is 0 Å². The minimum absolute atomic E-state index is 0.430. The highest BCUT2D eigenvalue weighted by Crippen LogP contribution is 2.28. The number of aromatic nitrogens is 3. The fraction of sp³-hybridized carbons (Fsp3) is 0.333. The molecule has 100 valence electrons. The third-order valence-electron chi connectivity index (χ3n) is 3.61. The second-order valence-electron chi connectivity index (χ2n) is 5.02. The summed E-state index contributed by atoms with van der Waals surface area (Å²) in [5.41, 5.74) is 2.56. The van der Waals surface area contributed by atoms with Crippen LogP contribution in [0.3, 0.4) is 0 Å². The maximum absolute atomic E-state index is 8.99. The van der Waals surface area contributed by atoms with Crippen molar-refractivity contribution in [3.05, 3.63) is 47.5 Å². The van der Waals surface area contributed by atoms with Crippen LogP contribution in [0, 0.1) is 18.3 Å². The summed E-state index contributed by atoms with van der Waals surface area (Å²) < 4.78 is 0. The van der Waals surface area contributed by atoms with Gasteiger partial charge in [0.25, 0.3) is 0 Å². The smallest absolute Gasteiger partial charge is 0.226 e. The molecule has 0 saturated carbocycles. The van der Waals surface area contributed by atoms with Gasteiger partial charge in [-0.25, -0.2) is 9.97 Å². The lowest BCUT2D eigenvalue weighted by Crippen LogP contribution is -2.22. The number of hydrogen-bond donors (Lipinski definition) is 0. The van der Waals surface area contributed by atoms with Gasteiger partial charge in [-0.05, 0) is 37.1 Å². The molecule has 1 aliphatic rings. The molecule has 0 radical (unpaired) electrons. The molecule has 5 heteroatoms. The third kappa shape index (κ3) is 2.45. The summed E-state index contributed by atoms with van der Waals surface area (Å²) in [7, 11) is 0. The minimum Gasteiger partial charge on any atom is -0.340 e. The molecule has 1 aliphatic heterocycles. The molecule has 3 rings (SSSR count). The molecule has 0 amide bonds. The van der Waals surface area contributed by atoms with E-state index in [-0.39, 0.29) is 0 Å². The summed E-state index contributed by atoms with van der Waals surface area (Å²) in [4.78, 5) is 15.0. The summed E-state index contributed by atoms with van der Waals surface area (Å²) >= 11 is 0. The van der Waals surface area contributed by atoms with Gasteiger partial charge in [0.1, 0.15) is 11.8 Å². The molecule has 5 nitrogen and oxygen atoms in total. The standard InChI is InChI=1S/C15H15N5/c1-11-8-14(9-16)19-15(18-11)20-7-4-13(10-20)12-2-5-17-6-3-12/h2-3,5-6,8,13H,4,7,10H2,1H3. The van der Waals surface area contributed by atoms with E-state index in [4.69, 9.17) is 5.26 Å². The Kier molecular flexibility index (Phi) is 3.30. The van der Waals surface area contributed by atoms with Crippen molar-refractivity contribution >= 4 is 5.95 Å². The van der Waals surface area contributed by atoms with Crippen LogP contribution in [0.1, 0.15) is 29.3 Å².